The van der Waals surface area contributed by atoms with Crippen LogP contribution in [0.2, 0.25) is 0 Å². The summed E-state index contributed by atoms with van der Waals surface area (Å²) in [6.07, 6.45) is 2.64. The summed E-state index contributed by atoms with van der Waals surface area (Å²) in [4.78, 5) is 42.7. The van der Waals surface area contributed by atoms with Gasteiger partial charge in [0.25, 0.3) is 5.56 Å². The number of nitrogens with one attached hydrogen (secondary N) is 1. The minimum atomic E-state index is -0.762. The quantitative estimate of drug-likeness (QED) is 0.154. The molecule has 0 radical (unpaired) electrons. The monoisotopic (exact) mass is 605 g/mol. The molecule has 1 amide bonds. The maximum absolute atomic E-state index is 13.6. The van der Waals surface area contributed by atoms with E-state index in [4.69, 9.17) is 15.2 Å². The number of nitrogen functional groups attached to an aromatic ring is 1. The second-order valence-corrected chi connectivity index (χ2v) is 10.4. The van der Waals surface area contributed by atoms with E-state index in [-0.39, 0.29) is 43.6 Å². The van der Waals surface area contributed by atoms with Gasteiger partial charge in [-0.2, -0.15) is 0 Å². The summed E-state index contributed by atoms with van der Waals surface area (Å²) in [7, 11) is 1.49. The van der Waals surface area contributed by atoms with Crippen LogP contribution in [0.25, 0.3) is 0 Å². The molecule has 3 N–H and O–H groups in total. The molecule has 0 saturated heterocycles. The van der Waals surface area contributed by atoms with Gasteiger partial charge in [0, 0.05) is 20.2 Å². The lowest BCUT2D eigenvalue weighted by molar-refractivity contribution is -0.116. The van der Waals surface area contributed by atoms with Crippen LogP contribution in [0.4, 0.5) is 11.5 Å². The fourth-order valence-electron chi connectivity index (χ4n) is 4.32. The first kappa shape index (κ1) is 31.3. The molecule has 0 atom stereocenters. The maximum atomic E-state index is 13.6. The summed E-state index contributed by atoms with van der Waals surface area (Å²) < 4.78 is 14.1. The van der Waals surface area contributed by atoms with E-state index in [0.717, 1.165) is 23.7 Å². The molecule has 43 heavy (non-hydrogen) atoms. The Morgan fingerprint density at radius 2 is 1.84 bits per heavy atom. The van der Waals surface area contributed by atoms with E-state index in [2.05, 4.69) is 28.7 Å². The SMILES string of the molecule is C=CCn1c(COc2ccc(CC)cc2)nnc1SCC(=O)N(CCOC)c1c(N)n(Cc2ccccc2)c(=O)[nH]c1=O. The van der Waals surface area contributed by atoms with Crippen molar-refractivity contribution in [2.75, 3.05) is 36.6 Å². The number of amides is 1. The zero-order chi connectivity index (χ0) is 30.8. The van der Waals surface area contributed by atoms with Gasteiger partial charge in [-0.15, -0.1) is 16.8 Å². The van der Waals surface area contributed by atoms with E-state index in [0.29, 0.717) is 23.3 Å². The smallest absolute Gasteiger partial charge is 0.330 e. The van der Waals surface area contributed by atoms with E-state index in [1.807, 2.05) is 59.2 Å². The van der Waals surface area contributed by atoms with Crippen LogP contribution >= 0.6 is 11.8 Å². The highest BCUT2D eigenvalue weighted by atomic mass is 32.2. The van der Waals surface area contributed by atoms with Crippen molar-refractivity contribution in [3.8, 4) is 5.75 Å². The minimum absolute atomic E-state index is 0.0436. The highest BCUT2D eigenvalue weighted by Gasteiger charge is 2.25. The summed E-state index contributed by atoms with van der Waals surface area (Å²) in [5, 5.41) is 9.01. The first-order valence-electron chi connectivity index (χ1n) is 13.7. The van der Waals surface area contributed by atoms with Gasteiger partial charge in [-0.1, -0.05) is 67.2 Å². The number of hydrogen-bond donors (Lipinski definition) is 2. The number of benzene rings is 2. The number of anilines is 2. The number of nitrogens with zero attached hydrogens (tertiary/aromatic N) is 5. The molecule has 2 aromatic carbocycles. The van der Waals surface area contributed by atoms with Crippen molar-refractivity contribution in [2.24, 2.45) is 0 Å². The number of rotatable bonds is 15. The van der Waals surface area contributed by atoms with E-state index in [9.17, 15) is 14.4 Å². The Hall–Kier alpha value is -4.62. The standard InChI is InChI=1S/C30H35N7O5S/c1-4-15-35-24(19-42-23-13-11-21(5-2)12-14-23)33-34-30(35)43-20-25(38)36(16-17-41-3)26-27(31)37(29(40)32-28(26)39)18-22-9-7-6-8-10-22/h4,6-14H,1,5,15-20,31H2,2-3H3,(H,32,39,40). The zero-order valence-electron chi connectivity index (χ0n) is 24.2. The molecule has 4 aromatic rings. The van der Waals surface area contributed by atoms with Crippen LogP contribution in [-0.4, -0.2) is 56.2 Å². The molecule has 4 rings (SSSR count). The molecule has 12 nitrogen and oxygen atoms in total. The van der Waals surface area contributed by atoms with E-state index < -0.39 is 17.2 Å². The number of nitrogens with two attached hydrogens (primary N) is 1. The third-order valence-electron chi connectivity index (χ3n) is 6.62. The van der Waals surface area contributed by atoms with Gasteiger partial charge in [-0.25, -0.2) is 4.79 Å². The largest absolute Gasteiger partial charge is 0.486 e. The Labute approximate surface area is 253 Å². The molecular weight excluding hydrogens is 570 g/mol. The maximum Gasteiger partial charge on any atom is 0.330 e. The van der Waals surface area contributed by atoms with Crippen LogP contribution in [0.3, 0.4) is 0 Å². The lowest BCUT2D eigenvalue weighted by atomic mass is 10.2. The van der Waals surface area contributed by atoms with Crippen molar-refractivity contribution in [1.29, 1.82) is 0 Å². The van der Waals surface area contributed by atoms with Crippen molar-refractivity contribution in [2.45, 2.75) is 38.2 Å². The average Bonchev–Trinajstić information content (AvgIpc) is 3.40. The van der Waals surface area contributed by atoms with Gasteiger partial charge in [0.15, 0.2) is 16.7 Å². The Morgan fingerprint density at radius 1 is 1.09 bits per heavy atom. The Kier molecular flexibility index (Phi) is 10.9. The van der Waals surface area contributed by atoms with Gasteiger partial charge < -0.3 is 20.1 Å². The Morgan fingerprint density at radius 3 is 2.51 bits per heavy atom. The second kappa shape index (κ2) is 15.0. The van der Waals surface area contributed by atoms with Gasteiger partial charge in [-0.05, 0) is 29.7 Å². The molecular formula is C30H35N7O5S. The Balaban J connectivity index is 1.54. The number of thioether (sulfide) groups is 1. The molecule has 0 bridgehead atoms. The van der Waals surface area contributed by atoms with Gasteiger partial charge >= 0.3 is 5.69 Å². The third-order valence-corrected chi connectivity index (χ3v) is 7.57. The summed E-state index contributed by atoms with van der Waals surface area (Å²) in [6, 6.07) is 17.0. The molecule has 0 fully saturated rings. The predicted octanol–water partition coefficient (Wildman–Crippen LogP) is 2.86. The van der Waals surface area contributed by atoms with Crippen LogP contribution in [-0.2, 0) is 35.6 Å². The lowest BCUT2D eigenvalue weighted by Crippen LogP contribution is -2.43. The molecule has 2 aromatic heterocycles. The summed E-state index contributed by atoms with van der Waals surface area (Å²) >= 11 is 1.15. The predicted molar refractivity (Wildman–Crippen MR) is 167 cm³/mol. The molecule has 0 aliphatic carbocycles. The number of aromatic nitrogens is 5. The normalized spacial score (nSPS) is 10.9. The molecule has 0 unspecified atom stereocenters. The van der Waals surface area contributed by atoms with E-state index in [1.165, 1.54) is 22.1 Å². The van der Waals surface area contributed by atoms with Crippen LogP contribution in [0.15, 0.2) is 82.0 Å². The lowest BCUT2D eigenvalue weighted by Gasteiger charge is -2.24. The molecule has 0 spiro atoms. The van der Waals surface area contributed by atoms with Crippen molar-refractivity contribution >= 4 is 29.2 Å². The fraction of sp³-hybridized carbons (Fsp3) is 0.300. The number of ether oxygens (including phenoxy) is 2. The highest BCUT2D eigenvalue weighted by Crippen LogP contribution is 2.23. The van der Waals surface area contributed by atoms with Crippen LogP contribution in [0.1, 0.15) is 23.9 Å². The topological polar surface area (TPSA) is 150 Å². The first-order valence-corrected chi connectivity index (χ1v) is 14.7. The van der Waals surface area contributed by atoms with E-state index in [1.54, 1.807) is 6.08 Å². The molecule has 0 aliphatic heterocycles. The second-order valence-electron chi connectivity index (χ2n) is 9.48. The zero-order valence-corrected chi connectivity index (χ0v) is 25.0. The Bertz CT molecular complexity index is 1650. The third kappa shape index (κ3) is 7.81. The first-order chi connectivity index (χ1) is 20.9. The molecule has 226 valence electrons. The van der Waals surface area contributed by atoms with Gasteiger partial charge in [0.05, 0.1) is 18.9 Å². The highest BCUT2D eigenvalue weighted by molar-refractivity contribution is 7.99. The minimum Gasteiger partial charge on any atom is -0.486 e. The number of hydrogen-bond acceptors (Lipinski definition) is 9. The van der Waals surface area contributed by atoms with Crippen LogP contribution in [0, 0.1) is 0 Å². The van der Waals surface area contributed by atoms with Gasteiger partial charge in [-0.3, -0.25) is 23.7 Å². The van der Waals surface area contributed by atoms with Crippen molar-refractivity contribution in [3.05, 3.63) is 105 Å². The van der Waals surface area contributed by atoms with Crippen molar-refractivity contribution < 1.29 is 14.3 Å². The number of methoxy groups -OCH3 is 1. The molecule has 0 aliphatic rings. The average molecular weight is 606 g/mol. The number of aromatic amines is 1. The summed E-state index contributed by atoms with van der Waals surface area (Å²) in [5.41, 5.74) is 6.83. The van der Waals surface area contributed by atoms with Crippen LogP contribution in [0.5, 0.6) is 5.75 Å². The van der Waals surface area contributed by atoms with E-state index >= 15 is 0 Å². The number of carbonyl (C=O) groups is 1. The summed E-state index contributed by atoms with van der Waals surface area (Å²) in [6.45, 7) is 6.79. The molecule has 2 heterocycles. The molecule has 13 heteroatoms. The number of H-pyrrole nitrogens is 1. The van der Waals surface area contributed by atoms with Crippen molar-refractivity contribution in [3.63, 3.8) is 0 Å². The van der Waals surface area contributed by atoms with Crippen LogP contribution < -0.4 is 26.6 Å². The number of aryl methyl sites for hydroxylation is 1. The van der Waals surface area contributed by atoms with Gasteiger partial charge in [0.2, 0.25) is 5.91 Å². The van der Waals surface area contributed by atoms with Gasteiger partial charge in [0.1, 0.15) is 18.2 Å². The van der Waals surface area contributed by atoms with Crippen molar-refractivity contribution in [1.82, 2.24) is 24.3 Å². The number of allylic oxidation sites excluding steroid dienone is 1. The number of carbonyl (C=O) groups excluding carboxylic acids is 1. The fourth-order valence-corrected chi connectivity index (χ4v) is 5.17. The summed E-state index contributed by atoms with van der Waals surface area (Å²) in [5.74, 6) is 0.647. The molecule has 0 saturated carbocycles.